The van der Waals surface area contributed by atoms with E-state index >= 15 is 0 Å². The number of piperazine rings is 2. The van der Waals surface area contributed by atoms with Gasteiger partial charge in [-0.1, -0.05) is 24.3 Å². The van der Waals surface area contributed by atoms with E-state index in [1.807, 2.05) is 69.3 Å². The first kappa shape index (κ1) is 25.9. The summed E-state index contributed by atoms with van der Waals surface area (Å²) in [5.41, 5.74) is 2.97. The zero-order chi connectivity index (χ0) is 25.3. The normalized spacial score (nSPS) is 15.9. The molecule has 0 unspecified atom stereocenters. The number of ether oxygens (including phenoxy) is 1. The maximum absolute atomic E-state index is 12.0. The van der Waals surface area contributed by atoms with Gasteiger partial charge in [0.2, 0.25) is 0 Å². The second kappa shape index (κ2) is 12.1. The van der Waals surface area contributed by atoms with Crippen molar-refractivity contribution in [2.75, 3.05) is 62.2 Å². The summed E-state index contributed by atoms with van der Waals surface area (Å²) in [6, 6.07) is 19.8. The van der Waals surface area contributed by atoms with Crippen LogP contribution in [0.1, 0.15) is 31.9 Å². The molecule has 2 aromatic carbocycles. The minimum Gasteiger partial charge on any atom is -0.444 e. The van der Waals surface area contributed by atoms with E-state index in [0.717, 1.165) is 43.1 Å². The fourth-order valence-electron chi connectivity index (χ4n) is 4.05. The minimum absolute atomic E-state index is 0.268. The Bertz CT molecular complexity index is 1070. The predicted molar refractivity (Wildman–Crippen MR) is 137 cm³/mol. The Balaban J connectivity index is 0.000000211. The second-order valence-corrected chi connectivity index (χ2v) is 9.45. The van der Waals surface area contributed by atoms with Gasteiger partial charge in [0.25, 0.3) is 0 Å². The Morgan fingerprint density at radius 1 is 0.800 bits per heavy atom. The fourth-order valence-corrected chi connectivity index (χ4v) is 4.05. The third-order valence-electron chi connectivity index (χ3n) is 5.78. The van der Waals surface area contributed by atoms with Crippen LogP contribution >= 0.6 is 0 Å². The first-order valence-corrected chi connectivity index (χ1v) is 12.0. The summed E-state index contributed by atoms with van der Waals surface area (Å²) in [6.07, 6.45) is -0.268. The summed E-state index contributed by atoms with van der Waals surface area (Å²) < 4.78 is 5.38. The molecule has 8 heteroatoms. The van der Waals surface area contributed by atoms with Crippen molar-refractivity contribution >= 4 is 17.5 Å². The lowest BCUT2D eigenvalue weighted by atomic mass is 10.1. The number of hydrogen-bond acceptors (Lipinski definition) is 7. The number of hydrogen-bond donors (Lipinski definition) is 1. The molecule has 35 heavy (non-hydrogen) atoms. The highest BCUT2D eigenvalue weighted by Gasteiger charge is 2.26. The first-order valence-electron chi connectivity index (χ1n) is 12.0. The van der Waals surface area contributed by atoms with Crippen molar-refractivity contribution in [1.82, 2.24) is 10.2 Å². The molecule has 0 aromatic heterocycles. The molecule has 0 bridgehead atoms. The second-order valence-electron chi connectivity index (χ2n) is 9.45. The highest BCUT2D eigenvalue weighted by molar-refractivity contribution is 5.69. The highest BCUT2D eigenvalue weighted by atomic mass is 16.6. The number of carbonyl (C=O) groups is 1. The third kappa shape index (κ3) is 7.37. The number of rotatable bonds is 2. The van der Waals surface area contributed by atoms with E-state index in [2.05, 4.69) is 27.3 Å². The molecular weight excluding hydrogens is 440 g/mol. The lowest BCUT2D eigenvalue weighted by molar-refractivity contribution is 0.0240. The van der Waals surface area contributed by atoms with E-state index in [4.69, 9.17) is 15.3 Å². The molecule has 2 fully saturated rings. The number of para-hydroxylation sites is 2. The van der Waals surface area contributed by atoms with E-state index in [-0.39, 0.29) is 6.09 Å². The van der Waals surface area contributed by atoms with Crippen molar-refractivity contribution in [3.05, 3.63) is 59.7 Å². The highest BCUT2D eigenvalue weighted by Crippen LogP contribution is 2.22. The molecule has 2 heterocycles. The molecule has 1 amide bonds. The Hall–Kier alpha value is -3.75. The van der Waals surface area contributed by atoms with Crippen LogP contribution in [0.2, 0.25) is 0 Å². The zero-order valence-electron chi connectivity index (χ0n) is 20.8. The number of benzene rings is 2. The molecular formula is C27H34N6O2. The van der Waals surface area contributed by atoms with Crippen LogP contribution in [0.25, 0.3) is 0 Å². The van der Waals surface area contributed by atoms with Crippen molar-refractivity contribution in [3.63, 3.8) is 0 Å². The molecule has 1 N–H and O–H groups in total. The molecule has 0 saturated carbocycles. The summed E-state index contributed by atoms with van der Waals surface area (Å²) >= 11 is 0. The van der Waals surface area contributed by atoms with Crippen LogP contribution in [0, 0.1) is 22.7 Å². The summed E-state index contributed by atoms with van der Waals surface area (Å²) in [5.74, 6) is 0. The maximum Gasteiger partial charge on any atom is 0.410 e. The number of nitrogens with zero attached hydrogens (tertiary/aromatic N) is 5. The summed E-state index contributed by atoms with van der Waals surface area (Å²) in [7, 11) is 0. The topological polar surface area (TPSA) is 95.6 Å². The van der Waals surface area contributed by atoms with E-state index in [0.29, 0.717) is 31.7 Å². The van der Waals surface area contributed by atoms with Crippen molar-refractivity contribution in [3.8, 4) is 12.1 Å². The van der Waals surface area contributed by atoms with Gasteiger partial charge in [0.15, 0.2) is 0 Å². The molecule has 0 radical (unpaired) electrons. The average Bonchev–Trinajstić information content (AvgIpc) is 2.88. The van der Waals surface area contributed by atoms with Gasteiger partial charge in [-0.3, -0.25) is 0 Å². The summed E-state index contributed by atoms with van der Waals surface area (Å²) in [6.45, 7) is 12.2. The van der Waals surface area contributed by atoms with Crippen LogP contribution in [-0.4, -0.2) is 69.0 Å². The smallest absolute Gasteiger partial charge is 0.410 e. The van der Waals surface area contributed by atoms with Crippen LogP contribution < -0.4 is 15.1 Å². The third-order valence-corrected chi connectivity index (χ3v) is 5.78. The van der Waals surface area contributed by atoms with Crippen molar-refractivity contribution in [2.45, 2.75) is 26.4 Å². The summed E-state index contributed by atoms with van der Waals surface area (Å²) in [5, 5.41) is 21.4. The van der Waals surface area contributed by atoms with Gasteiger partial charge in [-0.05, 0) is 45.0 Å². The monoisotopic (exact) mass is 474 g/mol. The molecule has 0 atom stereocenters. The molecule has 2 aliphatic rings. The van der Waals surface area contributed by atoms with Gasteiger partial charge in [0, 0.05) is 52.4 Å². The molecule has 0 aliphatic carbocycles. The van der Waals surface area contributed by atoms with Gasteiger partial charge in [-0.25, -0.2) is 4.79 Å². The van der Waals surface area contributed by atoms with Crippen molar-refractivity contribution in [2.24, 2.45) is 0 Å². The van der Waals surface area contributed by atoms with Crippen LogP contribution in [0.15, 0.2) is 48.5 Å². The largest absolute Gasteiger partial charge is 0.444 e. The van der Waals surface area contributed by atoms with Gasteiger partial charge >= 0.3 is 6.09 Å². The SMILES string of the molecule is CC(C)(C)OC(=O)N1CCN(c2ccccc2C#N)CC1.N#Cc1ccccc1N1CCNCC1. The molecule has 2 aromatic rings. The Labute approximate surface area is 208 Å². The Morgan fingerprint density at radius 2 is 1.26 bits per heavy atom. The van der Waals surface area contributed by atoms with E-state index in [9.17, 15) is 4.79 Å². The molecule has 4 rings (SSSR count). The van der Waals surface area contributed by atoms with E-state index in [1.165, 1.54) is 0 Å². The molecule has 184 valence electrons. The van der Waals surface area contributed by atoms with Crippen LogP contribution in [0.3, 0.4) is 0 Å². The Kier molecular flexibility index (Phi) is 8.94. The van der Waals surface area contributed by atoms with Crippen LogP contribution in [0.4, 0.5) is 16.2 Å². The lowest BCUT2D eigenvalue weighted by Gasteiger charge is -2.37. The van der Waals surface area contributed by atoms with Gasteiger partial charge in [0.05, 0.1) is 22.5 Å². The Morgan fingerprint density at radius 3 is 1.71 bits per heavy atom. The van der Waals surface area contributed by atoms with Crippen LogP contribution in [-0.2, 0) is 4.74 Å². The molecule has 8 nitrogen and oxygen atoms in total. The number of anilines is 2. The molecule has 2 saturated heterocycles. The standard InChI is InChI=1S/C16H21N3O2.C11H13N3/c1-16(2,3)21-15(20)19-10-8-18(9-11-19)14-7-5-4-6-13(14)12-17;12-9-10-3-1-2-4-11(10)14-7-5-13-6-8-14/h4-7H,8-11H2,1-3H3;1-4,13H,5-8H2. The van der Waals surface area contributed by atoms with Gasteiger partial charge < -0.3 is 24.8 Å². The van der Waals surface area contributed by atoms with Gasteiger partial charge in [0.1, 0.15) is 17.7 Å². The fraction of sp³-hybridized carbons (Fsp3) is 0.444. The number of nitrogens with one attached hydrogen (secondary N) is 1. The van der Waals surface area contributed by atoms with Gasteiger partial charge in [-0.15, -0.1) is 0 Å². The van der Waals surface area contributed by atoms with Crippen molar-refractivity contribution < 1.29 is 9.53 Å². The zero-order valence-corrected chi connectivity index (χ0v) is 20.8. The number of nitriles is 2. The van der Waals surface area contributed by atoms with Gasteiger partial charge in [-0.2, -0.15) is 10.5 Å². The molecule has 2 aliphatic heterocycles. The minimum atomic E-state index is -0.471. The first-order chi connectivity index (χ1) is 16.8. The lowest BCUT2D eigenvalue weighted by Crippen LogP contribution is -2.50. The quantitative estimate of drug-likeness (QED) is 0.711. The number of amides is 1. The summed E-state index contributed by atoms with van der Waals surface area (Å²) in [4.78, 5) is 18.1. The number of carbonyl (C=O) groups excluding carboxylic acids is 1. The maximum atomic E-state index is 12.0. The average molecular weight is 475 g/mol. The predicted octanol–water partition coefficient (Wildman–Crippen LogP) is 3.58. The van der Waals surface area contributed by atoms with E-state index < -0.39 is 5.60 Å². The van der Waals surface area contributed by atoms with Crippen LogP contribution in [0.5, 0.6) is 0 Å². The molecule has 0 spiro atoms. The van der Waals surface area contributed by atoms with E-state index in [1.54, 1.807) is 4.90 Å². The van der Waals surface area contributed by atoms with Crippen molar-refractivity contribution in [1.29, 1.82) is 10.5 Å².